The molecule has 2 rings (SSSR count). The van der Waals surface area contributed by atoms with E-state index >= 15 is 0 Å². The van der Waals surface area contributed by atoms with Crippen LogP contribution in [0, 0.1) is 0 Å². The van der Waals surface area contributed by atoms with Gasteiger partial charge in [0.05, 0.1) is 0 Å². The number of nitrogens with one attached hydrogen (secondary N) is 3. The molecule has 80 valence electrons. The van der Waals surface area contributed by atoms with Crippen molar-refractivity contribution >= 4 is 11.2 Å². The predicted octanol–water partition coefficient (Wildman–Crippen LogP) is -0.713. The van der Waals surface area contributed by atoms with E-state index in [1.165, 1.54) is 4.57 Å². The van der Waals surface area contributed by atoms with Gasteiger partial charge in [-0.3, -0.25) is 24.3 Å². The summed E-state index contributed by atoms with van der Waals surface area (Å²) < 4.78 is 1.31. The van der Waals surface area contributed by atoms with Crippen molar-refractivity contribution in [2.24, 2.45) is 0 Å². The van der Waals surface area contributed by atoms with Gasteiger partial charge in [0.25, 0.3) is 5.56 Å². The van der Waals surface area contributed by atoms with Gasteiger partial charge in [0.1, 0.15) is 5.65 Å². The van der Waals surface area contributed by atoms with Crippen molar-refractivity contribution in [3.63, 3.8) is 0 Å². The van der Waals surface area contributed by atoms with E-state index in [-0.39, 0.29) is 17.2 Å². The van der Waals surface area contributed by atoms with Gasteiger partial charge in [0.15, 0.2) is 5.52 Å². The molecule has 0 saturated heterocycles. The van der Waals surface area contributed by atoms with E-state index in [4.69, 9.17) is 0 Å². The summed E-state index contributed by atoms with van der Waals surface area (Å²) in [5, 5.41) is 0. The third kappa shape index (κ3) is 1.32. The molecule has 15 heavy (non-hydrogen) atoms. The molecule has 0 aliphatic carbocycles. The fraction of sp³-hybridized carbons (Fsp3) is 0.375. The summed E-state index contributed by atoms with van der Waals surface area (Å²) in [5.74, 6) is 0. The summed E-state index contributed by atoms with van der Waals surface area (Å²) >= 11 is 0. The molecule has 7 heteroatoms. The van der Waals surface area contributed by atoms with Gasteiger partial charge < -0.3 is 0 Å². The van der Waals surface area contributed by atoms with Crippen molar-refractivity contribution in [3.8, 4) is 0 Å². The Bertz CT molecular complexity index is 669. The van der Waals surface area contributed by atoms with E-state index in [0.717, 1.165) is 0 Å². The first-order chi connectivity index (χ1) is 7.00. The van der Waals surface area contributed by atoms with E-state index in [1.54, 1.807) is 13.8 Å². The molecule has 0 amide bonds. The lowest BCUT2D eigenvalue weighted by atomic mass is 10.4. The van der Waals surface area contributed by atoms with Crippen LogP contribution < -0.4 is 16.9 Å². The van der Waals surface area contributed by atoms with Crippen LogP contribution in [0.1, 0.15) is 19.9 Å². The van der Waals surface area contributed by atoms with E-state index in [0.29, 0.717) is 0 Å². The first-order valence-corrected chi connectivity index (χ1v) is 4.47. The summed E-state index contributed by atoms with van der Waals surface area (Å²) in [5.41, 5.74) is -1.31. The third-order valence-electron chi connectivity index (χ3n) is 2.13. The highest BCUT2D eigenvalue weighted by molar-refractivity contribution is 5.68. The van der Waals surface area contributed by atoms with Crippen LogP contribution in [0.3, 0.4) is 0 Å². The Hall–Kier alpha value is -2.05. The average Bonchev–Trinajstić information content (AvgIpc) is 2.45. The lowest BCUT2D eigenvalue weighted by molar-refractivity contribution is 0.580. The monoisotopic (exact) mass is 210 g/mol. The number of fused-ring (bicyclic) bond motifs is 1. The van der Waals surface area contributed by atoms with Crippen molar-refractivity contribution in [1.82, 2.24) is 19.5 Å². The average molecular weight is 210 g/mol. The van der Waals surface area contributed by atoms with Gasteiger partial charge >= 0.3 is 11.4 Å². The lowest BCUT2D eigenvalue weighted by Gasteiger charge is -2.08. The topological polar surface area (TPSA) is 104 Å². The van der Waals surface area contributed by atoms with E-state index < -0.39 is 16.9 Å². The van der Waals surface area contributed by atoms with Crippen LogP contribution >= 0.6 is 0 Å². The fourth-order valence-corrected chi connectivity index (χ4v) is 1.53. The molecule has 0 spiro atoms. The van der Waals surface area contributed by atoms with E-state index in [9.17, 15) is 14.4 Å². The molecule has 2 aromatic rings. The minimum atomic E-state index is -0.592. The molecule has 0 saturated carbocycles. The van der Waals surface area contributed by atoms with E-state index in [1.807, 2.05) is 0 Å². The van der Waals surface area contributed by atoms with Gasteiger partial charge in [0.2, 0.25) is 0 Å². The molecular formula is C8H10N4O3. The van der Waals surface area contributed by atoms with Gasteiger partial charge in [-0.25, -0.2) is 9.59 Å². The molecule has 0 aliphatic rings. The minimum Gasteiger partial charge on any atom is -0.300 e. The lowest BCUT2D eigenvalue weighted by Crippen LogP contribution is -2.31. The van der Waals surface area contributed by atoms with E-state index in [2.05, 4.69) is 15.0 Å². The molecule has 0 aromatic carbocycles. The standard InChI is InChI=1S/C8H10N4O3/c1-3(2)12-5-4(9-7(14)10-5)6(13)11-8(12)15/h3H,1-2H3,(H2,9,10,14)(H,11,13,15). The summed E-state index contributed by atoms with van der Waals surface area (Å²) in [6, 6.07) is -0.150. The number of hydrogen-bond acceptors (Lipinski definition) is 3. The number of aromatic nitrogens is 4. The second-order valence-electron chi connectivity index (χ2n) is 3.53. The molecule has 0 fully saturated rings. The molecule has 0 bridgehead atoms. The maximum atomic E-state index is 11.5. The Morgan fingerprint density at radius 3 is 2.33 bits per heavy atom. The Kier molecular flexibility index (Phi) is 1.88. The second kappa shape index (κ2) is 2.97. The SMILES string of the molecule is CC(C)n1c(=O)[nH]c(=O)c2[nH]c(=O)[nH]c21. The van der Waals surface area contributed by atoms with Crippen LogP contribution in [0.4, 0.5) is 0 Å². The zero-order valence-electron chi connectivity index (χ0n) is 8.25. The van der Waals surface area contributed by atoms with Crippen molar-refractivity contribution < 1.29 is 0 Å². The van der Waals surface area contributed by atoms with Gasteiger partial charge in [-0.2, -0.15) is 0 Å². The van der Waals surface area contributed by atoms with Crippen molar-refractivity contribution in [3.05, 3.63) is 31.3 Å². The number of nitrogens with zero attached hydrogens (tertiary/aromatic N) is 1. The van der Waals surface area contributed by atoms with Crippen LogP contribution in [0.15, 0.2) is 14.4 Å². The number of aromatic amines is 3. The van der Waals surface area contributed by atoms with Crippen LogP contribution in [0.25, 0.3) is 11.2 Å². The van der Waals surface area contributed by atoms with Crippen LogP contribution in [0.5, 0.6) is 0 Å². The Labute approximate surface area is 82.8 Å². The number of H-pyrrole nitrogens is 3. The summed E-state index contributed by atoms with van der Waals surface area (Å²) in [4.78, 5) is 40.7. The highest BCUT2D eigenvalue weighted by Crippen LogP contribution is 2.05. The van der Waals surface area contributed by atoms with Crippen LogP contribution in [-0.4, -0.2) is 19.5 Å². The first kappa shape index (κ1) is 9.50. The third-order valence-corrected chi connectivity index (χ3v) is 2.13. The molecule has 7 nitrogen and oxygen atoms in total. The summed E-state index contributed by atoms with van der Waals surface area (Å²) in [7, 11) is 0. The minimum absolute atomic E-state index is 0.0910. The molecule has 0 unspecified atom stereocenters. The molecule has 2 aromatic heterocycles. The van der Waals surface area contributed by atoms with Gasteiger partial charge in [-0.1, -0.05) is 0 Å². The Morgan fingerprint density at radius 2 is 1.73 bits per heavy atom. The fourth-order valence-electron chi connectivity index (χ4n) is 1.53. The summed E-state index contributed by atoms with van der Waals surface area (Å²) in [6.07, 6.45) is 0. The predicted molar refractivity (Wildman–Crippen MR) is 54.2 cm³/mol. The molecule has 0 aliphatic heterocycles. The quantitative estimate of drug-likeness (QED) is 0.579. The molecular weight excluding hydrogens is 200 g/mol. The molecule has 0 atom stereocenters. The Balaban J connectivity index is 3.09. The van der Waals surface area contributed by atoms with Crippen LogP contribution in [-0.2, 0) is 0 Å². The molecule has 0 radical (unpaired) electrons. The zero-order valence-corrected chi connectivity index (χ0v) is 8.25. The normalized spacial score (nSPS) is 11.4. The maximum Gasteiger partial charge on any atom is 0.330 e. The second-order valence-corrected chi connectivity index (χ2v) is 3.53. The number of hydrogen-bond donors (Lipinski definition) is 3. The first-order valence-electron chi connectivity index (χ1n) is 4.47. The highest BCUT2D eigenvalue weighted by atomic mass is 16.2. The molecule has 3 N–H and O–H groups in total. The number of rotatable bonds is 1. The molecule has 2 heterocycles. The highest BCUT2D eigenvalue weighted by Gasteiger charge is 2.12. The summed E-state index contributed by atoms with van der Waals surface area (Å²) in [6.45, 7) is 3.56. The Morgan fingerprint density at radius 1 is 1.07 bits per heavy atom. The number of imidazole rings is 1. The van der Waals surface area contributed by atoms with Gasteiger partial charge in [-0.05, 0) is 13.8 Å². The smallest absolute Gasteiger partial charge is 0.300 e. The van der Waals surface area contributed by atoms with Crippen molar-refractivity contribution in [1.29, 1.82) is 0 Å². The maximum absolute atomic E-state index is 11.5. The largest absolute Gasteiger partial charge is 0.330 e. The van der Waals surface area contributed by atoms with Crippen molar-refractivity contribution in [2.45, 2.75) is 19.9 Å². The van der Waals surface area contributed by atoms with Gasteiger partial charge in [-0.15, -0.1) is 0 Å². The van der Waals surface area contributed by atoms with Gasteiger partial charge in [0, 0.05) is 6.04 Å². The zero-order chi connectivity index (χ0) is 11.2. The van der Waals surface area contributed by atoms with Crippen LogP contribution in [0.2, 0.25) is 0 Å². The van der Waals surface area contributed by atoms with Crippen molar-refractivity contribution in [2.75, 3.05) is 0 Å².